The van der Waals surface area contributed by atoms with Crippen LogP contribution < -0.4 is 5.32 Å². The highest BCUT2D eigenvalue weighted by Crippen LogP contribution is 2.09. The topological polar surface area (TPSA) is 58.6 Å². The van der Waals surface area contributed by atoms with E-state index in [1.54, 1.807) is 6.08 Å². The summed E-state index contributed by atoms with van der Waals surface area (Å²) < 4.78 is 4.94. The van der Waals surface area contributed by atoms with Gasteiger partial charge in [-0.05, 0) is 18.1 Å². The molecule has 0 aliphatic rings. The lowest BCUT2D eigenvalue weighted by molar-refractivity contribution is -0.121. The van der Waals surface area contributed by atoms with Crippen LogP contribution in [0.15, 0.2) is 36.3 Å². The van der Waals surface area contributed by atoms with Gasteiger partial charge in [-0.3, -0.25) is 4.79 Å². The monoisotopic (exact) mass is 295 g/mol. The third-order valence-corrected chi connectivity index (χ3v) is 3.11. The van der Waals surface area contributed by atoms with Crippen LogP contribution in [-0.2, 0) is 9.53 Å². The Bertz CT molecular complexity index is 372. The number of carbonyl (C=O) groups is 1. The molecule has 21 heavy (non-hydrogen) atoms. The standard InChI is InChI=1S/C17H29NO3/c1-5-6-7-8-9-10-11-17(20)18-13-14(2)12-16(21-4)15(3)19/h12,19H,2-3,5-11,13H2,1,4H3,(H,18,20)/b16-12+. The van der Waals surface area contributed by atoms with Gasteiger partial charge in [-0.15, -0.1) is 0 Å². The van der Waals surface area contributed by atoms with Crippen LogP contribution >= 0.6 is 0 Å². The molecule has 0 saturated carbocycles. The first-order valence-corrected chi connectivity index (χ1v) is 7.59. The van der Waals surface area contributed by atoms with Crippen molar-refractivity contribution in [2.45, 2.75) is 51.9 Å². The minimum Gasteiger partial charge on any atom is -0.505 e. The number of hydrogen-bond donors (Lipinski definition) is 2. The molecule has 0 aromatic carbocycles. The molecule has 0 atom stereocenters. The number of aliphatic hydroxyl groups is 1. The van der Waals surface area contributed by atoms with Crippen LogP contribution in [0.5, 0.6) is 0 Å². The highest BCUT2D eigenvalue weighted by atomic mass is 16.5. The molecular weight excluding hydrogens is 266 g/mol. The highest BCUT2D eigenvalue weighted by Gasteiger charge is 2.04. The average Bonchev–Trinajstić information content (AvgIpc) is 2.45. The zero-order chi connectivity index (χ0) is 16.1. The first-order valence-electron chi connectivity index (χ1n) is 7.59. The third-order valence-electron chi connectivity index (χ3n) is 3.11. The van der Waals surface area contributed by atoms with Gasteiger partial charge in [0.2, 0.25) is 5.91 Å². The maximum atomic E-state index is 11.7. The van der Waals surface area contributed by atoms with Gasteiger partial charge >= 0.3 is 0 Å². The SMILES string of the molecule is C=C(/C=C(/OC)C(=C)O)CNC(=O)CCCCCCCC. The summed E-state index contributed by atoms with van der Waals surface area (Å²) in [6.07, 6.45) is 9.11. The van der Waals surface area contributed by atoms with Crippen molar-refractivity contribution in [3.05, 3.63) is 36.3 Å². The van der Waals surface area contributed by atoms with Gasteiger partial charge in [-0.2, -0.15) is 0 Å². The summed E-state index contributed by atoms with van der Waals surface area (Å²) in [5.74, 6) is 0.129. The normalized spacial score (nSPS) is 11.0. The summed E-state index contributed by atoms with van der Waals surface area (Å²) in [7, 11) is 1.44. The van der Waals surface area contributed by atoms with E-state index < -0.39 is 0 Å². The molecule has 0 unspecified atom stereocenters. The Kier molecular flexibility index (Phi) is 11.1. The molecule has 0 spiro atoms. The van der Waals surface area contributed by atoms with Gasteiger partial charge in [0.05, 0.1) is 7.11 Å². The minimum atomic E-state index is -0.156. The number of ether oxygens (including phenoxy) is 1. The Morgan fingerprint density at radius 1 is 1.19 bits per heavy atom. The number of nitrogens with one attached hydrogen (secondary N) is 1. The Hall–Kier alpha value is -1.71. The van der Waals surface area contributed by atoms with E-state index in [0.29, 0.717) is 18.5 Å². The molecule has 0 aliphatic carbocycles. The Balaban J connectivity index is 3.82. The van der Waals surface area contributed by atoms with Crippen LogP contribution in [0, 0.1) is 0 Å². The highest BCUT2D eigenvalue weighted by molar-refractivity contribution is 5.76. The van der Waals surface area contributed by atoms with Crippen LogP contribution in [-0.4, -0.2) is 24.7 Å². The van der Waals surface area contributed by atoms with E-state index in [9.17, 15) is 9.90 Å². The zero-order valence-electron chi connectivity index (χ0n) is 13.4. The van der Waals surface area contributed by atoms with E-state index >= 15 is 0 Å². The van der Waals surface area contributed by atoms with E-state index in [1.165, 1.54) is 32.8 Å². The second kappa shape index (κ2) is 12.1. The molecule has 0 heterocycles. The summed E-state index contributed by atoms with van der Waals surface area (Å²) in [6, 6.07) is 0. The quantitative estimate of drug-likeness (QED) is 0.325. The molecule has 0 radical (unpaired) electrons. The predicted molar refractivity (Wildman–Crippen MR) is 87.0 cm³/mol. The molecule has 0 aliphatic heterocycles. The van der Waals surface area contributed by atoms with Crippen molar-refractivity contribution in [2.75, 3.05) is 13.7 Å². The third kappa shape index (κ3) is 10.7. The molecule has 0 aromatic rings. The smallest absolute Gasteiger partial charge is 0.220 e. The van der Waals surface area contributed by atoms with Crippen LogP contribution in [0.4, 0.5) is 0 Å². The molecule has 0 rings (SSSR count). The summed E-state index contributed by atoms with van der Waals surface area (Å²) in [5.41, 5.74) is 0.651. The lowest BCUT2D eigenvalue weighted by atomic mass is 10.1. The Morgan fingerprint density at radius 3 is 2.38 bits per heavy atom. The van der Waals surface area contributed by atoms with Crippen molar-refractivity contribution >= 4 is 5.91 Å². The van der Waals surface area contributed by atoms with Gasteiger partial charge in [-0.1, -0.05) is 52.2 Å². The van der Waals surface area contributed by atoms with Crippen molar-refractivity contribution in [2.24, 2.45) is 0 Å². The van der Waals surface area contributed by atoms with Crippen LogP contribution in [0.1, 0.15) is 51.9 Å². The number of hydrogen-bond acceptors (Lipinski definition) is 3. The van der Waals surface area contributed by atoms with Crippen LogP contribution in [0.25, 0.3) is 0 Å². The van der Waals surface area contributed by atoms with E-state index in [4.69, 9.17) is 4.74 Å². The van der Waals surface area contributed by atoms with Gasteiger partial charge in [0.25, 0.3) is 0 Å². The Morgan fingerprint density at radius 2 is 1.81 bits per heavy atom. The molecule has 0 aromatic heterocycles. The van der Waals surface area contributed by atoms with Crippen molar-refractivity contribution in [1.29, 1.82) is 0 Å². The number of methoxy groups -OCH3 is 1. The van der Waals surface area contributed by atoms with Crippen molar-refractivity contribution in [3.63, 3.8) is 0 Å². The molecular formula is C17H29NO3. The van der Waals surface area contributed by atoms with Crippen LogP contribution in [0.3, 0.4) is 0 Å². The van der Waals surface area contributed by atoms with Gasteiger partial charge in [0, 0.05) is 13.0 Å². The zero-order valence-corrected chi connectivity index (χ0v) is 13.4. The maximum Gasteiger partial charge on any atom is 0.220 e. The van der Waals surface area contributed by atoms with E-state index in [0.717, 1.165) is 12.8 Å². The van der Waals surface area contributed by atoms with E-state index in [-0.39, 0.29) is 17.4 Å². The molecule has 4 nitrogen and oxygen atoms in total. The van der Waals surface area contributed by atoms with Gasteiger partial charge in [0.1, 0.15) is 5.76 Å². The number of rotatable bonds is 12. The number of aliphatic hydroxyl groups excluding tert-OH is 1. The largest absolute Gasteiger partial charge is 0.505 e. The molecule has 0 saturated heterocycles. The molecule has 1 amide bonds. The van der Waals surface area contributed by atoms with Gasteiger partial charge in [0.15, 0.2) is 5.76 Å². The number of amides is 1. The van der Waals surface area contributed by atoms with Crippen molar-refractivity contribution < 1.29 is 14.6 Å². The summed E-state index contributed by atoms with van der Waals surface area (Å²) in [5, 5.41) is 12.0. The summed E-state index contributed by atoms with van der Waals surface area (Å²) in [4.78, 5) is 11.7. The van der Waals surface area contributed by atoms with Crippen molar-refractivity contribution in [3.8, 4) is 0 Å². The fourth-order valence-electron chi connectivity index (χ4n) is 1.86. The fraction of sp³-hybridized carbons (Fsp3) is 0.588. The minimum absolute atomic E-state index is 0.0295. The van der Waals surface area contributed by atoms with Crippen LogP contribution in [0.2, 0.25) is 0 Å². The first kappa shape index (κ1) is 19.3. The fourth-order valence-corrected chi connectivity index (χ4v) is 1.86. The van der Waals surface area contributed by atoms with Gasteiger partial charge < -0.3 is 15.2 Å². The molecule has 0 fully saturated rings. The number of unbranched alkanes of at least 4 members (excludes halogenated alkanes) is 5. The lowest BCUT2D eigenvalue weighted by Crippen LogP contribution is -2.24. The molecule has 0 bridgehead atoms. The second-order valence-electron chi connectivity index (χ2n) is 5.11. The van der Waals surface area contributed by atoms with Crippen molar-refractivity contribution in [1.82, 2.24) is 5.32 Å². The van der Waals surface area contributed by atoms with E-state index in [1.807, 2.05) is 0 Å². The summed E-state index contributed by atoms with van der Waals surface area (Å²) in [6.45, 7) is 9.72. The molecule has 4 heteroatoms. The molecule has 2 N–H and O–H groups in total. The maximum absolute atomic E-state index is 11.7. The average molecular weight is 295 g/mol. The lowest BCUT2D eigenvalue weighted by Gasteiger charge is -2.07. The van der Waals surface area contributed by atoms with Gasteiger partial charge in [-0.25, -0.2) is 0 Å². The Labute approximate surface area is 128 Å². The predicted octanol–water partition coefficient (Wildman–Crippen LogP) is 4.01. The van der Waals surface area contributed by atoms with E-state index in [2.05, 4.69) is 25.4 Å². The summed E-state index contributed by atoms with van der Waals surface area (Å²) >= 11 is 0. The number of carbonyl (C=O) groups excluding carboxylic acids is 1. The second-order valence-corrected chi connectivity index (χ2v) is 5.11. The first-order chi connectivity index (χ1) is 10.0. The molecule has 120 valence electrons.